The van der Waals surface area contributed by atoms with E-state index in [1.807, 2.05) is 49.6 Å². The van der Waals surface area contributed by atoms with Crippen LogP contribution < -0.4 is 16.2 Å². The maximum Gasteiger partial charge on any atom is 0.243 e. The van der Waals surface area contributed by atoms with Gasteiger partial charge in [-0.2, -0.15) is 0 Å². The molecule has 0 aliphatic carbocycles. The second kappa shape index (κ2) is 6.00. The highest BCUT2D eigenvalue weighted by Crippen LogP contribution is 2.17. The Balaban J connectivity index is 2.87. The van der Waals surface area contributed by atoms with Crippen LogP contribution in [0.2, 0.25) is 0 Å². The molecule has 0 spiro atoms. The van der Waals surface area contributed by atoms with Crippen molar-refractivity contribution >= 4 is 17.5 Å². The summed E-state index contributed by atoms with van der Waals surface area (Å²) in [5, 5.41) is 0. The maximum absolute atomic E-state index is 12.0. The number of nitrogens with zero attached hydrogens (tertiary/aromatic N) is 1. The van der Waals surface area contributed by atoms with E-state index in [1.165, 1.54) is 0 Å². The van der Waals surface area contributed by atoms with E-state index in [9.17, 15) is 9.59 Å². The van der Waals surface area contributed by atoms with Gasteiger partial charge in [-0.05, 0) is 26.0 Å². The summed E-state index contributed by atoms with van der Waals surface area (Å²) < 4.78 is 0. The number of hydrogen-bond acceptors (Lipinski definition) is 3. The molecule has 1 aromatic carbocycles. The molecule has 5 heteroatoms. The number of benzene rings is 1. The number of para-hydroxylation sites is 1. The lowest BCUT2D eigenvalue weighted by Crippen LogP contribution is -2.41. The molecule has 0 unspecified atom stereocenters. The third-order valence-corrected chi connectivity index (χ3v) is 2.29. The van der Waals surface area contributed by atoms with E-state index in [-0.39, 0.29) is 18.4 Å². The summed E-state index contributed by atoms with van der Waals surface area (Å²) in [5.74, 6) is 4.21. The van der Waals surface area contributed by atoms with Crippen LogP contribution in [-0.4, -0.2) is 17.9 Å². The average molecular weight is 235 g/mol. The van der Waals surface area contributed by atoms with Crippen molar-refractivity contribution < 1.29 is 9.59 Å². The first-order valence-corrected chi connectivity index (χ1v) is 5.42. The Morgan fingerprint density at radius 1 is 1.29 bits per heavy atom. The summed E-state index contributed by atoms with van der Waals surface area (Å²) in [6, 6.07) is 9.22. The van der Waals surface area contributed by atoms with Crippen molar-refractivity contribution in [2.45, 2.75) is 26.3 Å². The molecule has 0 heterocycles. The number of hydrazine groups is 1. The zero-order chi connectivity index (χ0) is 12.8. The minimum Gasteiger partial charge on any atom is -0.309 e. The van der Waals surface area contributed by atoms with Gasteiger partial charge < -0.3 is 4.90 Å². The number of amides is 2. The first-order chi connectivity index (χ1) is 8.06. The molecule has 1 rings (SSSR count). The fourth-order valence-electron chi connectivity index (χ4n) is 1.59. The number of nitrogens with two attached hydrogens (primary N) is 1. The molecular formula is C12H17N3O2. The Bertz CT molecular complexity index is 390. The maximum atomic E-state index is 12.0. The molecule has 17 heavy (non-hydrogen) atoms. The molecule has 0 aromatic heterocycles. The largest absolute Gasteiger partial charge is 0.309 e. The summed E-state index contributed by atoms with van der Waals surface area (Å²) in [5.41, 5.74) is 2.73. The predicted octanol–water partition coefficient (Wildman–Crippen LogP) is 0.808. The molecule has 0 fully saturated rings. The summed E-state index contributed by atoms with van der Waals surface area (Å²) in [4.78, 5) is 24.6. The quantitative estimate of drug-likeness (QED) is 0.351. The van der Waals surface area contributed by atoms with Crippen molar-refractivity contribution in [1.29, 1.82) is 0 Å². The minimum absolute atomic E-state index is 0.0181. The summed E-state index contributed by atoms with van der Waals surface area (Å²) in [6.07, 6.45) is -0.246. The van der Waals surface area contributed by atoms with Gasteiger partial charge in [-0.1, -0.05) is 18.2 Å². The van der Waals surface area contributed by atoms with E-state index >= 15 is 0 Å². The monoisotopic (exact) mass is 235 g/mol. The standard InChI is InChI=1S/C12H17N3O2/c1-9(2)15(10-6-4-3-5-7-10)12(17)8-11(16)14-13/h3-7,9H,8,13H2,1-2H3,(H,14,16). The number of carbonyl (C=O) groups excluding carboxylic acids is 2. The van der Waals surface area contributed by atoms with Gasteiger partial charge in [-0.25, -0.2) is 5.84 Å². The van der Waals surface area contributed by atoms with E-state index in [4.69, 9.17) is 5.84 Å². The van der Waals surface area contributed by atoms with Gasteiger partial charge in [-0.15, -0.1) is 0 Å². The molecule has 92 valence electrons. The van der Waals surface area contributed by atoms with Crippen LogP contribution in [-0.2, 0) is 9.59 Å². The number of carbonyl (C=O) groups is 2. The Morgan fingerprint density at radius 3 is 2.35 bits per heavy atom. The second-order valence-corrected chi connectivity index (χ2v) is 3.94. The van der Waals surface area contributed by atoms with E-state index in [1.54, 1.807) is 4.90 Å². The van der Waals surface area contributed by atoms with Crippen LogP contribution in [0.3, 0.4) is 0 Å². The van der Waals surface area contributed by atoms with E-state index in [2.05, 4.69) is 0 Å². The lowest BCUT2D eigenvalue weighted by molar-refractivity contribution is -0.128. The summed E-state index contributed by atoms with van der Waals surface area (Å²) in [6.45, 7) is 3.79. The highest BCUT2D eigenvalue weighted by molar-refractivity contribution is 6.05. The van der Waals surface area contributed by atoms with Crippen LogP contribution in [0.1, 0.15) is 20.3 Å². The van der Waals surface area contributed by atoms with Crippen LogP contribution in [0, 0.1) is 0 Å². The molecule has 1 aromatic rings. The molecule has 3 N–H and O–H groups in total. The molecule has 0 atom stereocenters. The Labute approximate surface area is 101 Å². The molecule has 0 saturated heterocycles. The smallest absolute Gasteiger partial charge is 0.243 e. The third kappa shape index (κ3) is 3.57. The predicted molar refractivity (Wildman–Crippen MR) is 66.0 cm³/mol. The summed E-state index contributed by atoms with van der Waals surface area (Å²) >= 11 is 0. The van der Waals surface area contributed by atoms with Crippen LogP contribution in [0.4, 0.5) is 5.69 Å². The van der Waals surface area contributed by atoms with E-state index in [0.717, 1.165) is 5.69 Å². The van der Waals surface area contributed by atoms with Crippen molar-refractivity contribution in [3.8, 4) is 0 Å². The van der Waals surface area contributed by atoms with Crippen LogP contribution in [0.5, 0.6) is 0 Å². The third-order valence-electron chi connectivity index (χ3n) is 2.29. The van der Waals surface area contributed by atoms with E-state index < -0.39 is 5.91 Å². The Hall–Kier alpha value is -1.88. The van der Waals surface area contributed by atoms with Gasteiger partial charge in [0.1, 0.15) is 6.42 Å². The van der Waals surface area contributed by atoms with Crippen molar-refractivity contribution in [1.82, 2.24) is 5.43 Å². The highest BCUT2D eigenvalue weighted by atomic mass is 16.2. The topological polar surface area (TPSA) is 75.4 Å². The lowest BCUT2D eigenvalue weighted by Gasteiger charge is -2.26. The van der Waals surface area contributed by atoms with E-state index in [0.29, 0.717) is 0 Å². The van der Waals surface area contributed by atoms with Gasteiger partial charge in [0, 0.05) is 11.7 Å². The average Bonchev–Trinajstić information content (AvgIpc) is 2.29. The lowest BCUT2D eigenvalue weighted by atomic mass is 10.2. The van der Waals surface area contributed by atoms with Gasteiger partial charge in [0.05, 0.1) is 0 Å². The zero-order valence-electron chi connectivity index (χ0n) is 10.0. The van der Waals surface area contributed by atoms with Gasteiger partial charge in [0.25, 0.3) is 0 Å². The first-order valence-electron chi connectivity index (χ1n) is 5.42. The normalized spacial score (nSPS) is 10.1. The van der Waals surface area contributed by atoms with Crippen LogP contribution >= 0.6 is 0 Å². The number of hydrogen-bond donors (Lipinski definition) is 2. The van der Waals surface area contributed by atoms with Crippen molar-refractivity contribution in [2.24, 2.45) is 5.84 Å². The minimum atomic E-state index is -0.489. The molecule has 0 radical (unpaired) electrons. The fraction of sp³-hybridized carbons (Fsp3) is 0.333. The highest BCUT2D eigenvalue weighted by Gasteiger charge is 2.20. The number of nitrogens with one attached hydrogen (secondary N) is 1. The first kappa shape index (κ1) is 13.2. The number of anilines is 1. The molecule has 0 saturated carbocycles. The van der Waals surface area contributed by atoms with Gasteiger partial charge in [0.2, 0.25) is 11.8 Å². The van der Waals surface area contributed by atoms with Crippen molar-refractivity contribution in [3.05, 3.63) is 30.3 Å². The van der Waals surface area contributed by atoms with Gasteiger partial charge >= 0.3 is 0 Å². The van der Waals surface area contributed by atoms with Gasteiger partial charge in [-0.3, -0.25) is 15.0 Å². The molecular weight excluding hydrogens is 218 g/mol. The molecule has 0 aliphatic rings. The van der Waals surface area contributed by atoms with Crippen LogP contribution in [0.25, 0.3) is 0 Å². The SMILES string of the molecule is CC(C)N(C(=O)CC(=O)NN)c1ccccc1. The molecule has 0 bridgehead atoms. The molecule has 0 aliphatic heterocycles. The zero-order valence-corrected chi connectivity index (χ0v) is 10.0. The fourth-order valence-corrected chi connectivity index (χ4v) is 1.59. The Morgan fingerprint density at radius 2 is 1.88 bits per heavy atom. The van der Waals surface area contributed by atoms with Crippen molar-refractivity contribution in [3.63, 3.8) is 0 Å². The molecule has 2 amide bonds. The van der Waals surface area contributed by atoms with Crippen LogP contribution in [0.15, 0.2) is 30.3 Å². The van der Waals surface area contributed by atoms with Gasteiger partial charge in [0.15, 0.2) is 0 Å². The second-order valence-electron chi connectivity index (χ2n) is 3.94. The molecule has 5 nitrogen and oxygen atoms in total. The number of rotatable bonds is 4. The summed E-state index contributed by atoms with van der Waals surface area (Å²) in [7, 11) is 0. The Kier molecular flexibility index (Phi) is 4.66. The van der Waals surface area contributed by atoms with Crippen molar-refractivity contribution in [2.75, 3.05) is 4.90 Å².